The Morgan fingerprint density at radius 2 is 1.73 bits per heavy atom. The molecule has 0 saturated heterocycles. The summed E-state index contributed by atoms with van der Waals surface area (Å²) in [6.07, 6.45) is 0. The second kappa shape index (κ2) is 3.66. The van der Waals surface area contributed by atoms with Crippen LogP contribution < -0.4 is 9.65 Å². The van der Waals surface area contributed by atoms with Crippen LogP contribution >= 0.6 is 12.9 Å². The van der Waals surface area contributed by atoms with Gasteiger partial charge in [-0.2, -0.15) is 0 Å². The van der Waals surface area contributed by atoms with Crippen molar-refractivity contribution in [1.82, 2.24) is 0 Å². The third-order valence-corrected chi connectivity index (χ3v) is 1.49. The highest BCUT2D eigenvalue weighted by atomic mass is 32.1. The normalized spacial score (nSPS) is 9.36. The predicted molar refractivity (Wildman–Crippen MR) is 45.9 cm³/mol. The van der Waals surface area contributed by atoms with E-state index in [0.717, 1.165) is 0 Å². The maximum absolute atomic E-state index is 8.68. The summed E-state index contributed by atoms with van der Waals surface area (Å²) in [6.45, 7) is 0. The molecule has 0 atom stereocenters. The minimum atomic E-state index is -1.43. The smallest absolute Gasteiger partial charge is 0.429 e. The summed E-state index contributed by atoms with van der Waals surface area (Å²) in [5, 5.41) is 17.4. The monoisotopic (exact) mass is 170 g/mol. The van der Waals surface area contributed by atoms with Crippen LogP contribution in [0.5, 0.6) is 5.75 Å². The van der Waals surface area contributed by atoms with Crippen LogP contribution in [-0.2, 0) is 0 Å². The third-order valence-electron chi connectivity index (χ3n) is 1.28. The molecule has 0 radical (unpaired) electrons. The van der Waals surface area contributed by atoms with Gasteiger partial charge in [-0.15, -0.1) is 0 Å². The first kappa shape index (κ1) is 8.45. The molecule has 1 aromatic rings. The minimum absolute atomic E-state index is 0.430. The van der Waals surface area contributed by atoms with Gasteiger partial charge in [0.25, 0.3) is 0 Å². The maximum Gasteiger partial charge on any atom is 0.488 e. The van der Waals surface area contributed by atoms with Crippen molar-refractivity contribution in [2.75, 3.05) is 0 Å². The summed E-state index contributed by atoms with van der Waals surface area (Å²) < 4.78 is 4.58. The molecule has 0 amide bonds. The molecular weight excluding hydrogens is 163 g/mol. The Bertz CT molecular complexity index is 224. The second-order valence-electron chi connectivity index (χ2n) is 2.03. The van der Waals surface area contributed by atoms with E-state index in [-0.39, 0.29) is 0 Å². The summed E-state index contributed by atoms with van der Waals surface area (Å²) in [7, 11) is -1.43. The van der Waals surface area contributed by atoms with Crippen molar-refractivity contribution >= 4 is 25.5 Å². The lowest BCUT2D eigenvalue weighted by atomic mass is 9.80. The lowest BCUT2D eigenvalue weighted by molar-refractivity contribution is 0.426. The number of thiol groups is 1. The molecule has 0 heterocycles. The van der Waals surface area contributed by atoms with Gasteiger partial charge in [0.05, 0.1) is 0 Å². The Hall–Kier alpha value is -0.645. The molecule has 5 heteroatoms. The predicted octanol–water partition coefficient (Wildman–Crippen LogP) is -0.410. The molecule has 58 valence electrons. The van der Waals surface area contributed by atoms with E-state index in [2.05, 4.69) is 17.1 Å². The van der Waals surface area contributed by atoms with Crippen molar-refractivity contribution in [3.05, 3.63) is 24.3 Å². The quantitative estimate of drug-likeness (QED) is 0.321. The van der Waals surface area contributed by atoms with Gasteiger partial charge >= 0.3 is 7.12 Å². The zero-order chi connectivity index (χ0) is 8.27. The van der Waals surface area contributed by atoms with E-state index in [9.17, 15) is 0 Å². The van der Waals surface area contributed by atoms with Gasteiger partial charge in [0.1, 0.15) is 5.75 Å². The molecule has 1 aromatic carbocycles. The Balaban J connectivity index is 2.83. The first-order valence-electron chi connectivity index (χ1n) is 3.01. The van der Waals surface area contributed by atoms with Crippen LogP contribution in [0.25, 0.3) is 0 Å². The Morgan fingerprint density at radius 1 is 1.18 bits per heavy atom. The van der Waals surface area contributed by atoms with Gasteiger partial charge in [-0.05, 0) is 17.6 Å². The molecule has 0 saturated carbocycles. The SMILES string of the molecule is OB(O)c1ccc(OS)cc1. The highest BCUT2D eigenvalue weighted by Crippen LogP contribution is 2.08. The fraction of sp³-hybridized carbons (Fsp3) is 0. The zero-order valence-electron chi connectivity index (χ0n) is 5.64. The largest absolute Gasteiger partial charge is 0.488 e. The van der Waals surface area contributed by atoms with Crippen molar-refractivity contribution in [2.24, 2.45) is 0 Å². The van der Waals surface area contributed by atoms with Crippen LogP contribution in [0.4, 0.5) is 0 Å². The van der Waals surface area contributed by atoms with E-state index < -0.39 is 7.12 Å². The van der Waals surface area contributed by atoms with Crippen LogP contribution in [0.1, 0.15) is 0 Å². The van der Waals surface area contributed by atoms with Crippen molar-refractivity contribution in [3.63, 3.8) is 0 Å². The molecule has 0 aliphatic rings. The van der Waals surface area contributed by atoms with Gasteiger partial charge in [0.2, 0.25) is 0 Å². The highest BCUT2D eigenvalue weighted by molar-refractivity contribution is 7.75. The first-order valence-corrected chi connectivity index (χ1v) is 3.38. The van der Waals surface area contributed by atoms with Gasteiger partial charge in [-0.1, -0.05) is 12.1 Å². The van der Waals surface area contributed by atoms with Crippen LogP contribution in [0.2, 0.25) is 0 Å². The molecule has 0 aliphatic heterocycles. The van der Waals surface area contributed by atoms with E-state index in [1.54, 1.807) is 24.3 Å². The fourth-order valence-corrected chi connectivity index (χ4v) is 0.823. The van der Waals surface area contributed by atoms with E-state index >= 15 is 0 Å². The molecule has 11 heavy (non-hydrogen) atoms. The molecule has 1 rings (SSSR count). The molecule has 0 unspecified atom stereocenters. The van der Waals surface area contributed by atoms with E-state index in [0.29, 0.717) is 11.2 Å². The van der Waals surface area contributed by atoms with Crippen molar-refractivity contribution < 1.29 is 14.2 Å². The molecule has 3 nitrogen and oxygen atoms in total. The molecule has 0 bridgehead atoms. The fourth-order valence-electron chi connectivity index (χ4n) is 0.701. The van der Waals surface area contributed by atoms with E-state index in [1.165, 1.54) is 0 Å². The van der Waals surface area contributed by atoms with Gasteiger partial charge < -0.3 is 14.2 Å². The standard InChI is InChI=1S/C6H7BO3S/c8-7(9)5-1-3-6(10-11)4-2-5/h1-4,8-9,11H. The summed E-state index contributed by atoms with van der Waals surface area (Å²) in [5.41, 5.74) is 0.430. The first-order chi connectivity index (χ1) is 5.24. The van der Waals surface area contributed by atoms with E-state index in [1.807, 2.05) is 0 Å². The van der Waals surface area contributed by atoms with Crippen molar-refractivity contribution in [1.29, 1.82) is 0 Å². The number of hydrogen-bond donors (Lipinski definition) is 3. The Kier molecular flexibility index (Phi) is 2.81. The summed E-state index contributed by atoms with van der Waals surface area (Å²) >= 11 is 3.57. The molecular formula is C6H7BO3S. The number of rotatable bonds is 2. The minimum Gasteiger partial charge on any atom is -0.429 e. The average Bonchev–Trinajstić information content (AvgIpc) is 2.05. The highest BCUT2D eigenvalue weighted by Gasteiger charge is 2.09. The molecule has 0 aromatic heterocycles. The third kappa shape index (κ3) is 2.15. The molecule has 0 spiro atoms. The Morgan fingerprint density at radius 3 is 2.09 bits per heavy atom. The lowest BCUT2D eigenvalue weighted by Crippen LogP contribution is -2.29. The lowest BCUT2D eigenvalue weighted by Gasteiger charge is -1.99. The topological polar surface area (TPSA) is 49.7 Å². The molecule has 2 N–H and O–H groups in total. The zero-order valence-corrected chi connectivity index (χ0v) is 6.53. The molecule has 0 fully saturated rings. The second-order valence-corrected chi connectivity index (χ2v) is 2.22. The number of benzene rings is 1. The van der Waals surface area contributed by atoms with Crippen LogP contribution in [0.15, 0.2) is 24.3 Å². The summed E-state index contributed by atoms with van der Waals surface area (Å²) in [6, 6.07) is 6.30. The maximum atomic E-state index is 8.68. The van der Waals surface area contributed by atoms with Crippen molar-refractivity contribution in [2.45, 2.75) is 0 Å². The van der Waals surface area contributed by atoms with Gasteiger partial charge in [0.15, 0.2) is 0 Å². The van der Waals surface area contributed by atoms with Gasteiger partial charge in [-0.3, -0.25) is 0 Å². The average molecular weight is 170 g/mol. The Labute approximate surface area is 70.4 Å². The van der Waals surface area contributed by atoms with Gasteiger partial charge in [-0.25, -0.2) is 0 Å². The number of hydrogen-bond acceptors (Lipinski definition) is 4. The molecule has 0 aliphatic carbocycles. The summed E-state index contributed by atoms with van der Waals surface area (Å²) in [5.74, 6) is 0.567. The van der Waals surface area contributed by atoms with E-state index in [4.69, 9.17) is 10.0 Å². The van der Waals surface area contributed by atoms with Gasteiger partial charge in [0, 0.05) is 12.9 Å². The summed E-state index contributed by atoms with van der Waals surface area (Å²) in [4.78, 5) is 0. The van der Waals surface area contributed by atoms with Crippen LogP contribution in [-0.4, -0.2) is 17.2 Å². The van der Waals surface area contributed by atoms with Crippen LogP contribution in [0, 0.1) is 0 Å². The van der Waals surface area contributed by atoms with Crippen LogP contribution in [0.3, 0.4) is 0 Å². The van der Waals surface area contributed by atoms with Crippen molar-refractivity contribution in [3.8, 4) is 5.75 Å².